The number of carbonyl (C=O) groups is 1. The van der Waals surface area contributed by atoms with Crippen LogP contribution in [0, 0.1) is 13.8 Å². The zero-order valence-corrected chi connectivity index (χ0v) is 18.3. The monoisotopic (exact) mass is 461 g/mol. The van der Waals surface area contributed by atoms with Crippen LogP contribution in [0.1, 0.15) is 28.3 Å². The Kier molecular flexibility index (Phi) is 6.92. The van der Waals surface area contributed by atoms with Gasteiger partial charge in [-0.3, -0.25) is 9.48 Å². The number of halogens is 1. The summed E-state index contributed by atoms with van der Waals surface area (Å²) in [6.45, 7) is 5.48. The Morgan fingerprint density at radius 3 is 2.52 bits per heavy atom. The first-order valence-corrected chi connectivity index (χ1v) is 10.0. The van der Waals surface area contributed by atoms with Gasteiger partial charge < -0.3 is 14.8 Å². The topological polar surface area (TPSA) is 83.2 Å². The molecule has 0 unspecified atom stereocenters. The van der Waals surface area contributed by atoms with Gasteiger partial charge in [0.1, 0.15) is 17.2 Å². The van der Waals surface area contributed by atoms with Crippen molar-refractivity contribution in [1.29, 1.82) is 0 Å². The summed E-state index contributed by atoms with van der Waals surface area (Å²) in [4.78, 5) is 12.3. The fraction of sp³-hybridized carbons (Fsp3) is 0.350. The maximum Gasteiger partial charge on any atom is 0.271 e. The minimum atomic E-state index is -0.206. The Bertz CT molecular complexity index is 965. The van der Waals surface area contributed by atoms with E-state index in [0.717, 1.165) is 34.6 Å². The number of carbonyl (C=O) groups excluding carboxylic acids is 1. The number of aromatic nitrogens is 4. The molecule has 0 aliphatic carbocycles. The molecule has 29 heavy (non-hydrogen) atoms. The summed E-state index contributed by atoms with van der Waals surface area (Å²) in [6, 6.07) is 8.95. The van der Waals surface area contributed by atoms with Crippen LogP contribution in [0.3, 0.4) is 0 Å². The number of ether oxygens (including phenoxy) is 2. The molecule has 0 saturated heterocycles. The molecular formula is C20H24BrN5O3. The van der Waals surface area contributed by atoms with Gasteiger partial charge in [0, 0.05) is 25.0 Å². The Labute approximate surface area is 177 Å². The molecule has 0 fully saturated rings. The van der Waals surface area contributed by atoms with Gasteiger partial charge in [0.15, 0.2) is 6.73 Å². The average Bonchev–Trinajstić information content (AvgIpc) is 3.31. The average molecular weight is 462 g/mol. The minimum absolute atomic E-state index is 0.206. The molecule has 0 bridgehead atoms. The highest BCUT2D eigenvalue weighted by Gasteiger charge is 2.11. The molecule has 8 nitrogen and oxygen atoms in total. The smallest absolute Gasteiger partial charge is 0.271 e. The quantitative estimate of drug-likeness (QED) is 0.494. The molecule has 2 aromatic heterocycles. The number of benzene rings is 1. The number of methoxy groups -OCH3 is 1. The Hall–Kier alpha value is -2.81. The van der Waals surface area contributed by atoms with Crippen molar-refractivity contribution >= 4 is 21.8 Å². The zero-order chi connectivity index (χ0) is 20.8. The first-order valence-electron chi connectivity index (χ1n) is 9.26. The third-order valence-corrected chi connectivity index (χ3v) is 5.57. The van der Waals surface area contributed by atoms with Crippen molar-refractivity contribution in [2.45, 2.75) is 33.5 Å². The number of amides is 1. The predicted molar refractivity (Wildman–Crippen MR) is 112 cm³/mol. The van der Waals surface area contributed by atoms with E-state index in [4.69, 9.17) is 9.47 Å². The minimum Gasteiger partial charge on any atom is -0.497 e. The van der Waals surface area contributed by atoms with E-state index in [2.05, 4.69) is 31.4 Å². The Morgan fingerprint density at radius 2 is 1.86 bits per heavy atom. The number of nitrogens with one attached hydrogen (secondary N) is 1. The standard InChI is InChI=1S/C20H24BrN5O3/c1-14-19(21)15(2)26(23-14)11-4-10-22-20(27)18-9-12-25(24-18)13-29-17-7-5-16(28-3)6-8-17/h5-9,12H,4,10-11,13H2,1-3H3,(H,22,27). The lowest BCUT2D eigenvalue weighted by molar-refractivity contribution is 0.0945. The van der Waals surface area contributed by atoms with Crippen molar-refractivity contribution in [1.82, 2.24) is 24.9 Å². The summed E-state index contributed by atoms with van der Waals surface area (Å²) < 4.78 is 15.3. The molecule has 2 heterocycles. The molecule has 0 aliphatic rings. The van der Waals surface area contributed by atoms with Gasteiger partial charge in [-0.2, -0.15) is 10.2 Å². The molecule has 1 aromatic carbocycles. The summed E-state index contributed by atoms with van der Waals surface area (Å²) in [5, 5.41) is 11.6. The van der Waals surface area contributed by atoms with Gasteiger partial charge in [0.05, 0.1) is 17.3 Å². The SMILES string of the molecule is COc1ccc(OCn2ccc(C(=O)NCCCn3nc(C)c(Br)c3C)n2)cc1. The molecular weight excluding hydrogens is 438 g/mol. The van der Waals surface area contributed by atoms with Gasteiger partial charge in [-0.25, -0.2) is 4.68 Å². The van der Waals surface area contributed by atoms with E-state index in [1.165, 1.54) is 0 Å². The van der Waals surface area contributed by atoms with Crippen LogP contribution in [0.4, 0.5) is 0 Å². The normalized spacial score (nSPS) is 10.8. The Morgan fingerprint density at radius 1 is 1.14 bits per heavy atom. The predicted octanol–water partition coefficient (Wildman–Crippen LogP) is 3.32. The van der Waals surface area contributed by atoms with Crippen LogP contribution >= 0.6 is 15.9 Å². The van der Waals surface area contributed by atoms with Gasteiger partial charge in [-0.1, -0.05) is 0 Å². The van der Waals surface area contributed by atoms with Crippen molar-refractivity contribution in [3.05, 3.63) is 58.1 Å². The maximum atomic E-state index is 12.3. The Balaban J connectivity index is 1.43. The van der Waals surface area contributed by atoms with E-state index in [-0.39, 0.29) is 12.6 Å². The molecule has 154 valence electrons. The van der Waals surface area contributed by atoms with E-state index < -0.39 is 0 Å². The molecule has 0 saturated carbocycles. The van der Waals surface area contributed by atoms with Crippen molar-refractivity contribution in [3.8, 4) is 11.5 Å². The van der Waals surface area contributed by atoms with E-state index in [0.29, 0.717) is 18.0 Å². The second-order valence-electron chi connectivity index (χ2n) is 6.51. The second-order valence-corrected chi connectivity index (χ2v) is 7.30. The number of rotatable bonds is 9. The van der Waals surface area contributed by atoms with Crippen molar-refractivity contribution < 1.29 is 14.3 Å². The van der Waals surface area contributed by atoms with Crippen LogP contribution in [0.5, 0.6) is 11.5 Å². The molecule has 0 atom stereocenters. The molecule has 1 N–H and O–H groups in total. The van der Waals surface area contributed by atoms with Gasteiger partial charge in [0.2, 0.25) is 0 Å². The van der Waals surface area contributed by atoms with Crippen molar-refractivity contribution in [3.63, 3.8) is 0 Å². The van der Waals surface area contributed by atoms with Crippen LogP contribution in [0.15, 0.2) is 41.0 Å². The zero-order valence-electron chi connectivity index (χ0n) is 16.7. The second kappa shape index (κ2) is 9.60. The molecule has 3 aromatic rings. The summed E-state index contributed by atoms with van der Waals surface area (Å²) in [5.41, 5.74) is 2.41. The molecule has 1 amide bonds. The number of nitrogens with zero attached hydrogens (tertiary/aromatic N) is 4. The van der Waals surface area contributed by atoms with Crippen LogP contribution in [-0.4, -0.2) is 39.1 Å². The highest BCUT2D eigenvalue weighted by Crippen LogP contribution is 2.20. The third kappa shape index (κ3) is 5.38. The van der Waals surface area contributed by atoms with Crippen molar-refractivity contribution in [2.24, 2.45) is 0 Å². The van der Waals surface area contributed by atoms with Crippen LogP contribution in [-0.2, 0) is 13.3 Å². The van der Waals surface area contributed by atoms with Gasteiger partial charge >= 0.3 is 0 Å². The molecule has 3 rings (SSSR count). The number of aryl methyl sites for hydroxylation is 2. The van der Waals surface area contributed by atoms with Gasteiger partial charge in [-0.15, -0.1) is 0 Å². The number of hydrogen-bond donors (Lipinski definition) is 1. The van der Waals surface area contributed by atoms with Crippen molar-refractivity contribution in [2.75, 3.05) is 13.7 Å². The highest BCUT2D eigenvalue weighted by molar-refractivity contribution is 9.10. The summed E-state index contributed by atoms with van der Waals surface area (Å²) in [6.07, 6.45) is 2.49. The first kappa shape index (κ1) is 20.9. The van der Waals surface area contributed by atoms with Crippen LogP contribution in [0.2, 0.25) is 0 Å². The lowest BCUT2D eigenvalue weighted by Gasteiger charge is -2.07. The van der Waals surface area contributed by atoms with Gasteiger partial charge in [0.25, 0.3) is 5.91 Å². The van der Waals surface area contributed by atoms with E-state index in [9.17, 15) is 4.79 Å². The maximum absolute atomic E-state index is 12.3. The summed E-state index contributed by atoms with van der Waals surface area (Å²) >= 11 is 3.52. The largest absolute Gasteiger partial charge is 0.497 e. The van der Waals surface area contributed by atoms with E-state index >= 15 is 0 Å². The van der Waals surface area contributed by atoms with E-state index in [1.54, 1.807) is 24.1 Å². The van der Waals surface area contributed by atoms with Crippen LogP contribution in [0.25, 0.3) is 0 Å². The van der Waals surface area contributed by atoms with Crippen LogP contribution < -0.4 is 14.8 Å². The molecule has 9 heteroatoms. The van der Waals surface area contributed by atoms with Gasteiger partial charge in [-0.05, 0) is 66.5 Å². The highest BCUT2D eigenvalue weighted by atomic mass is 79.9. The molecule has 0 spiro atoms. The lowest BCUT2D eigenvalue weighted by Crippen LogP contribution is -2.26. The molecule has 0 aliphatic heterocycles. The third-order valence-electron chi connectivity index (χ3n) is 4.42. The van der Waals surface area contributed by atoms with E-state index in [1.807, 2.05) is 42.8 Å². The fourth-order valence-corrected chi connectivity index (χ4v) is 3.07. The number of hydrogen-bond acceptors (Lipinski definition) is 5. The molecule has 0 radical (unpaired) electrons. The summed E-state index contributed by atoms with van der Waals surface area (Å²) in [7, 11) is 1.62. The lowest BCUT2D eigenvalue weighted by atomic mass is 10.3. The fourth-order valence-electron chi connectivity index (χ4n) is 2.78. The first-order chi connectivity index (χ1) is 14.0. The summed E-state index contributed by atoms with van der Waals surface area (Å²) in [5.74, 6) is 1.26.